The highest BCUT2D eigenvalue weighted by Crippen LogP contribution is 2.19. The lowest BCUT2D eigenvalue weighted by Gasteiger charge is -2.12. The zero-order valence-electron chi connectivity index (χ0n) is 10.3. The van der Waals surface area contributed by atoms with Gasteiger partial charge in [0.2, 0.25) is 11.0 Å². The minimum absolute atomic E-state index is 0.597. The third-order valence-corrected chi connectivity index (χ3v) is 3.04. The van der Waals surface area contributed by atoms with Gasteiger partial charge in [0.15, 0.2) is 0 Å². The van der Waals surface area contributed by atoms with E-state index in [1.165, 1.54) is 0 Å². The van der Waals surface area contributed by atoms with Crippen molar-refractivity contribution < 1.29 is 4.73 Å². The van der Waals surface area contributed by atoms with Crippen molar-refractivity contribution in [3.8, 4) is 0 Å². The Morgan fingerprint density at radius 3 is 2.50 bits per heavy atom. The van der Waals surface area contributed by atoms with Crippen molar-refractivity contribution in [2.45, 2.75) is 0 Å². The number of para-hydroxylation sites is 2. The van der Waals surface area contributed by atoms with Crippen LogP contribution in [0.2, 0.25) is 0 Å². The van der Waals surface area contributed by atoms with Gasteiger partial charge in [-0.3, -0.25) is 0 Å². The molecule has 4 nitrogen and oxygen atoms in total. The Morgan fingerprint density at radius 2 is 1.72 bits per heavy atom. The van der Waals surface area contributed by atoms with Gasteiger partial charge >= 0.3 is 0 Å². The Hall–Kier alpha value is -2.36. The number of benzene rings is 2. The summed E-state index contributed by atoms with van der Waals surface area (Å²) >= 11 is 0. The van der Waals surface area contributed by atoms with Crippen molar-refractivity contribution >= 4 is 27.8 Å². The molecule has 1 aromatic heterocycles. The number of anilines is 1. The number of fused-ring (bicyclic) bond motifs is 2. The number of aromatic nitrogens is 2. The first kappa shape index (κ1) is 10.8. The summed E-state index contributed by atoms with van der Waals surface area (Å²) in [6.45, 7) is 0. The van der Waals surface area contributed by atoms with Gasteiger partial charge in [-0.2, -0.15) is 4.73 Å². The monoisotopic (exact) mass is 239 g/mol. The summed E-state index contributed by atoms with van der Waals surface area (Å²) < 4.78 is 0.949. The molecule has 0 N–H and O–H groups in total. The second-order valence-electron chi connectivity index (χ2n) is 4.46. The molecule has 0 aliphatic carbocycles. The molecule has 0 bridgehead atoms. The highest BCUT2D eigenvalue weighted by Gasteiger charge is 2.12. The van der Waals surface area contributed by atoms with Gasteiger partial charge in [-0.1, -0.05) is 12.1 Å². The predicted molar refractivity (Wildman–Crippen MR) is 72.5 cm³/mol. The fraction of sp³-hybridized carbons (Fsp3) is 0.143. The van der Waals surface area contributed by atoms with E-state index in [0.29, 0.717) is 16.6 Å². The molecule has 18 heavy (non-hydrogen) atoms. The van der Waals surface area contributed by atoms with Gasteiger partial charge in [0.25, 0.3) is 0 Å². The molecule has 3 rings (SSSR count). The molecule has 0 aliphatic heterocycles. The summed E-state index contributed by atoms with van der Waals surface area (Å²) in [7, 11) is 3.90. The Bertz CT molecular complexity index is 738. The average molecular weight is 239 g/mol. The summed E-state index contributed by atoms with van der Waals surface area (Å²) in [5.41, 5.74) is 3.62. The number of rotatable bonds is 1. The maximum atomic E-state index is 12.3. The van der Waals surface area contributed by atoms with E-state index >= 15 is 0 Å². The topological polar surface area (TPSA) is 43.1 Å². The Balaban J connectivity index is 2.41. The average Bonchev–Trinajstić information content (AvgIpc) is 2.38. The molecule has 0 unspecified atom stereocenters. The summed E-state index contributed by atoms with van der Waals surface area (Å²) in [6.07, 6.45) is 0. The minimum Gasteiger partial charge on any atom is -0.618 e. The normalized spacial score (nSPS) is 11.0. The maximum absolute atomic E-state index is 12.3. The fourth-order valence-electron chi connectivity index (χ4n) is 2.04. The Labute approximate surface area is 105 Å². The smallest absolute Gasteiger partial charge is 0.245 e. The van der Waals surface area contributed by atoms with Crippen LogP contribution in [-0.2, 0) is 0 Å². The minimum atomic E-state index is 0.597. The summed E-state index contributed by atoms with van der Waals surface area (Å²) in [5, 5.41) is 12.3. The van der Waals surface area contributed by atoms with E-state index in [2.05, 4.69) is 4.98 Å². The Kier molecular flexibility index (Phi) is 2.30. The number of hydrogen-bond acceptors (Lipinski definition) is 3. The van der Waals surface area contributed by atoms with Crippen LogP contribution >= 0.6 is 0 Å². The van der Waals surface area contributed by atoms with E-state index in [9.17, 15) is 5.21 Å². The van der Waals surface area contributed by atoms with Crippen LogP contribution in [0.5, 0.6) is 0 Å². The molecular weight excluding hydrogens is 226 g/mol. The first-order valence-corrected chi connectivity index (χ1v) is 5.76. The molecule has 0 saturated carbocycles. The molecule has 0 aliphatic rings. The largest absolute Gasteiger partial charge is 0.618 e. The van der Waals surface area contributed by atoms with Gasteiger partial charge in [0.1, 0.15) is 11.0 Å². The van der Waals surface area contributed by atoms with Crippen LogP contribution in [0.15, 0.2) is 42.5 Å². The van der Waals surface area contributed by atoms with Gasteiger partial charge in [-0.15, -0.1) is 0 Å². The van der Waals surface area contributed by atoms with E-state index in [1.807, 2.05) is 55.4 Å². The molecule has 90 valence electrons. The highest BCUT2D eigenvalue weighted by molar-refractivity contribution is 5.83. The van der Waals surface area contributed by atoms with Crippen molar-refractivity contribution in [3.05, 3.63) is 47.7 Å². The van der Waals surface area contributed by atoms with E-state index < -0.39 is 0 Å². The molecule has 0 atom stereocenters. The van der Waals surface area contributed by atoms with Crippen LogP contribution in [0.25, 0.3) is 22.1 Å². The molecule has 0 fully saturated rings. The van der Waals surface area contributed by atoms with Crippen LogP contribution in [0.3, 0.4) is 0 Å². The van der Waals surface area contributed by atoms with Crippen molar-refractivity contribution in [2.24, 2.45) is 0 Å². The van der Waals surface area contributed by atoms with Crippen molar-refractivity contribution in [3.63, 3.8) is 0 Å². The molecule has 0 radical (unpaired) electrons. The molecule has 4 heteroatoms. The Morgan fingerprint density at radius 1 is 1.00 bits per heavy atom. The highest BCUT2D eigenvalue weighted by atomic mass is 16.5. The van der Waals surface area contributed by atoms with Crippen molar-refractivity contribution in [2.75, 3.05) is 19.0 Å². The second kappa shape index (κ2) is 3.84. The predicted octanol–water partition coefficient (Wildman–Crippen LogP) is 2.09. The first-order chi connectivity index (χ1) is 8.66. The lowest BCUT2D eigenvalue weighted by Crippen LogP contribution is -2.29. The SMILES string of the molecule is CN(C)c1ccc2nc3ccccc3[n+]([O-])c2c1. The van der Waals surface area contributed by atoms with Gasteiger partial charge < -0.3 is 10.1 Å². The van der Waals surface area contributed by atoms with E-state index in [1.54, 1.807) is 6.07 Å². The first-order valence-electron chi connectivity index (χ1n) is 5.76. The fourth-order valence-corrected chi connectivity index (χ4v) is 2.04. The maximum Gasteiger partial charge on any atom is 0.245 e. The van der Waals surface area contributed by atoms with Crippen molar-refractivity contribution in [1.29, 1.82) is 0 Å². The van der Waals surface area contributed by atoms with Crippen molar-refractivity contribution in [1.82, 2.24) is 4.98 Å². The zero-order chi connectivity index (χ0) is 12.7. The second-order valence-corrected chi connectivity index (χ2v) is 4.46. The number of hydrogen-bond donors (Lipinski definition) is 0. The lowest BCUT2D eigenvalue weighted by molar-refractivity contribution is -0.548. The van der Waals surface area contributed by atoms with E-state index in [0.717, 1.165) is 15.9 Å². The lowest BCUT2D eigenvalue weighted by atomic mass is 10.2. The molecule has 0 saturated heterocycles. The quantitative estimate of drug-likeness (QED) is 0.371. The van der Waals surface area contributed by atoms with Gasteiger partial charge in [0.05, 0.1) is 0 Å². The third-order valence-electron chi connectivity index (χ3n) is 3.04. The van der Waals surface area contributed by atoms with E-state index in [4.69, 9.17) is 0 Å². The molecule has 0 amide bonds. The zero-order valence-corrected chi connectivity index (χ0v) is 10.3. The van der Waals surface area contributed by atoms with Crippen LogP contribution < -0.4 is 9.63 Å². The standard InChI is InChI=1S/C14H13N3O/c1-16(2)10-7-8-12-14(9-10)17(18)13-6-4-3-5-11(13)15-12/h3-9H,1-2H3. The number of nitrogens with zero attached hydrogens (tertiary/aromatic N) is 3. The van der Waals surface area contributed by atoms with Gasteiger partial charge in [-0.05, 0) is 18.2 Å². The molecule has 1 heterocycles. The van der Waals surface area contributed by atoms with E-state index in [-0.39, 0.29) is 0 Å². The summed E-state index contributed by atoms with van der Waals surface area (Å²) in [4.78, 5) is 6.47. The molecule has 3 aromatic rings. The molecular formula is C14H13N3O. The van der Waals surface area contributed by atoms with Gasteiger partial charge in [-0.25, -0.2) is 4.98 Å². The van der Waals surface area contributed by atoms with Crippen LogP contribution in [0, 0.1) is 5.21 Å². The van der Waals surface area contributed by atoms with Crippen LogP contribution in [0.4, 0.5) is 5.69 Å². The van der Waals surface area contributed by atoms with Crippen LogP contribution in [-0.4, -0.2) is 19.1 Å². The third kappa shape index (κ3) is 1.54. The van der Waals surface area contributed by atoms with Crippen LogP contribution in [0.1, 0.15) is 0 Å². The summed E-state index contributed by atoms with van der Waals surface area (Å²) in [6, 6.07) is 13.1. The summed E-state index contributed by atoms with van der Waals surface area (Å²) in [5.74, 6) is 0. The van der Waals surface area contributed by atoms with Gasteiger partial charge in [0, 0.05) is 31.9 Å². The molecule has 2 aromatic carbocycles. The molecule has 0 spiro atoms.